The number of hydrogen-bond acceptors (Lipinski definition) is 3. The summed E-state index contributed by atoms with van der Waals surface area (Å²) >= 11 is 0. The molecule has 4 nitrogen and oxygen atoms in total. The van der Waals surface area contributed by atoms with Crippen LogP contribution in [0.4, 0.5) is 0 Å². The zero-order valence-corrected chi connectivity index (χ0v) is 14.1. The highest BCUT2D eigenvalue weighted by Crippen LogP contribution is 2.27. The van der Waals surface area contributed by atoms with E-state index >= 15 is 0 Å². The molecule has 1 heterocycles. The first-order valence-electron chi connectivity index (χ1n) is 9.01. The summed E-state index contributed by atoms with van der Waals surface area (Å²) in [5.74, 6) is 0.455. The molecule has 0 radical (unpaired) electrons. The second-order valence-electron chi connectivity index (χ2n) is 6.82. The van der Waals surface area contributed by atoms with Gasteiger partial charge in [-0.1, -0.05) is 31.0 Å². The summed E-state index contributed by atoms with van der Waals surface area (Å²) in [6.45, 7) is 0.684. The first-order valence-corrected chi connectivity index (χ1v) is 9.01. The molecule has 1 aromatic carbocycles. The Bertz CT molecular complexity index is 686. The van der Waals surface area contributed by atoms with E-state index in [1.54, 1.807) is 6.20 Å². The molecule has 1 amide bonds. The number of aliphatic hydroxyl groups excluding tert-OH is 1. The minimum atomic E-state index is -0.141. The number of para-hydroxylation sites is 1. The lowest BCUT2D eigenvalue weighted by Gasteiger charge is -2.27. The van der Waals surface area contributed by atoms with Gasteiger partial charge in [-0.25, -0.2) is 0 Å². The van der Waals surface area contributed by atoms with Crippen LogP contribution in [0, 0.1) is 5.92 Å². The molecular weight excluding hydrogens is 300 g/mol. The Balaban J connectivity index is 1.41. The number of amides is 1. The monoisotopic (exact) mass is 326 g/mol. The lowest BCUT2D eigenvalue weighted by Crippen LogP contribution is -2.28. The van der Waals surface area contributed by atoms with Crippen molar-refractivity contribution >= 4 is 16.8 Å². The number of rotatable bonds is 6. The van der Waals surface area contributed by atoms with E-state index in [1.807, 2.05) is 30.3 Å². The van der Waals surface area contributed by atoms with E-state index in [0.717, 1.165) is 48.6 Å². The summed E-state index contributed by atoms with van der Waals surface area (Å²) in [5.41, 5.74) is 1.89. The molecule has 1 saturated carbocycles. The molecule has 3 rings (SSSR count). The van der Waals surface area contributed by atoms with Gasteiger partial charge in [0, 0.05) is 18.1 Å². The number of carbonyl (C=O) groups is 1. The molecule has 0 bridgehead atoms. The summed E-state index contributed by atoms with van der Waals surface area (Å²) in [5, 5.41) is 14.0. The van der Waals surface area contributed by atoms with Crippen LogP contribution >= 0.6 is 0 Å². The lowest BCUT2D eigenvalue weighted by atomic mass is 9.83. The first kappa shape index (κ1) is 16.9. The molecule has 2 atom stereocenters. The minimum Gasteiger partial charge on any atom is -0.393 e. The van der Waals surface area contributed by atoms with Gasteiger partial charge in [0.1, 0.15) is 0 Å². The topological polar surface area (TPSA) is 62.2 Å². The molecular formula is C20H26N2O2. The first-order chi connectivity index (χ1) is 11.7. The van der Waals surface area contributed by atoms with Crippen molar-refractivity contribution in [3.05, 3.63) is 42.1 Å². The summed E-state index contributed by atoms with van der Waals surface area (Å²) in [6, 6.07) is 9.96. The van der Waals surface area contributed by atoms with Crippen molar-refractivity contribution in [2.24, 2.45) is 5.92 Å². The maximum Gasteiger partial charge on any atom is 0.224 e. The third kappa shape index (κ3) is 4.54. The number of carbonyl (C=O) groups excluding carboxylic acids is 1. The quantitative estimate of drug-likeness (QED) is 0.801. The third-order valence-corrected chi connectivity index (χ3v) is 4.95. The number of benzene rings is 1. The normalized spacial score (nSPS) is 20.9. The van der Waals surface area contributed by atoms with Gasteiger partial charge in [-0.3, -0.25) is 9.78 Å². The van der Waals surface area contributed by atoms with Crippen LogP contribution in [0.3, 0.4) is 0 Å². The second kappa shape index (κ2) is 8.25. The fourth-order valence-electron chi connectivity index (χ4n) is 3.58. The molecule has 1 fully saturated rings. The van der Waals surface area contributed by atoms with Gasteiger partial charge >= 0.3 is 0 Å². The van der Waals surface area contributed by atoms with Crippen LogP contribution in [0.25, 0.3) is 10.9 Å². The molecule has 0 unspecified atom stereocenters. The van der Waals surface area contributed by atoms with E-state index in [1.165, 1.54) is 6.42 Å². The predicted molar refractivity (Wildman–Crippen MR) is 95.7 cm³/mol. The number of aromatic nitrogens is 1. The SMILES string of the molecule is O=C(Cc1cnc2ccccc2c1)NCCC[C@H]1CCCC[C@@H]1O. The van der Waals surface area contributed by atoms with Gasteiger partial charge in [0.25, 0.3) is 0 Å². The fraction of sp³-hybridized carbons (Fsp3) is 0.500. The van der Waals surface area contributed by atoms with Gasteiger partial charge in [-0.05, 0) is 49.3 Å². The van der Waals surface area contributed by atoms with Crippen molar-refractivity contribution in [3.8, 4) is 0 Å². The molecule has 24 heavy (non-hydrogen) atoms. The number of hydrogen-bond donors (Lipinski definition) is 2. The van der Waals surface area contributed by atoms with E-state index in [9.17, 15) is 9.90 Å². The van der Waals surface area contributed by atoms with E-state index in [-0.39, 0.29) is 12.0 Å². The molecule has 2 aromatic rings. The number of pyridine rings is 1. The fourth-order valence-corrected chi connectivity index (χ4v) is 3.58. The summed E-state index contributed by atoms with van der Waals surface area (Å²) in [4.78, 5) is 16.5. The summed E-state index contributed by atoms with van der Waals surface area (Å²) < 4.78 is 0. The van der Waals surface area contributed by atoms with Crippen molar-refractivity contribution in [2.75, 3.05) is 6.54 Å². The molecule has 0 saturated heterocycles. The van der Waals surface area contributed by atoms with Crippen molar-refractivity contribution in [1.29, 1.82) is 0 Å². The highest BCUT2D eigenvalue weighted by atomic mass is 16.3. The minimum absolute atomic E-state index is 0.0382. The average molecular weight is 326 g/mol. The largest absolute Gasteiger partial charge is 0.393 e. The Morgan fingerprint density at radius 1 is 1.25 bits per heavy atom. The van der Waals surface area contributed by atoms with Gasteiger partial charge in [-0.15, -0.1) is 0 Å². The highest BCUT2D eigenvalue weighted by molar-refractivity contribution is 5.82. The molecule has 1 aliphatic rings. The van der Waals surface area contributed by atoms with Crippen LogP contribution < -0.4 is 5.32 Å². The van der Waals surface area contributed by atoms with Crippen molar-refractivity contribution in [3.63, 3.8) is 0 Å². The van der Waals surface area contributed by atoms with Crippen LogP contribution in [0.5, 0.6) is 0 Å². The van der Waals surface area contributed by atoms with Crippen LogP contribution in [-0.2, 0) is 11.2 Å². The van der Waals surface area contributed by atoms with Gasteiger partial charge < -0.3 is 10.4 Å². The van der Waals surface area contributed by atoms with Crippen LogP contribution in [0.15, 0.2) is 36.5 Å². The van der Waals surface area contributed by atoms with E-state index in [2.05, 4.69) is 10.3 Å². The molecule has 1 aromatic heterocycles. The van der Waals surface area contributed by atoms with Gasteiger partial charge in [0.2, 0.25) is 5.91 Å². The van der Waals surface area contributed by atoms with Crippen LogP contribution in [-0.4, -0.2) is 28.6 Å². The second-order valence-corrected chi connectivity index (χ2v) is 6.82. The highest BCUT2D eigenvalue weighted by Gasteiger charge is 2.22. The van der Waals surface area contributed by atoms with Crippen LogP contribution in [0.1, 0.15) is 44.1 Å². The predicted octanol–water partition coefficient (Wildman–Crippen LogP) is 3.22. The van der Waals surface area contributed by atoms with Gasteiger partial charge in [0.15, 0.2) is 0 Å². The molecule has 1 aliphatic carbocycles. The van der Waals surface area contributed by atoms with Crippen LogP contribution in [0.2, 0.25) is 0 Å². The van der Waals surface area contributed by atoms with E-state index in [4.69, 9.17) is 0 Å². The Morgan fingerprint density at radius 3 is 2.96 bits per heavy atom. The van der Waals surface area contributed by atoms with E-state index < -0.39 is 0 Å². The molecule has 0 aliphatic heterocycles. The Hall–Kier alpha value is -1.94. The average Bonchev–Trinajstić information content (AvgIpc) is 2.60. The molecule has 4 heteroatoms. The molecule has 0 spiro atoms. The molecule has 2 N–H and O–H groups in total. The maximum atomic E-state index is 12.1. The smallest absolute Gasteiger partial charge is 0.224 e. The summed E-state index contributed by atoms with van der Waals surface area (Å²) in [6.07, 6.45) is 8.37. The lowest BCUT2D eigenvalue weighted by molar-refractivity contribution is -0.120. The van der Waals surface area contributed by atoms with Crippen molar-refractivity contribution in [2.45, 2.75) is 51.0 Å². The number of aliphatic hydroxyl groups is 1. The zero-order chi connectivity index (χ0) is 16.8. The number of nitrogens with one attached hydrogen (secondary N) is 1. The van der Waals surface area contributed by atoms with Crippen molar-refractivity contribution in [1.82, 2.24) is 10.3 Å². The van der Waals surface area contributed by atoms with E-state index in [0.29, 0.717) is 18.9 Å². The Labute approximate surface area is 143 Å². The summed E-state index contributed by atoms with van der Waals surface area (Å²) in [7, 11) is 0. The zero-order valence-electron chi connectivity index (χ0n) is 14.1. The standard InChI is InChI=1S/C20H26N2O2/c23-19-10-4-2-6-16(19)8-5-11-21-20(24)13-15-12-17-7-1-3-9-18(17)22-14-15/h1,3,7,9,12,14,16,19,23H,2,4-6,8,10-11,13H2,(H,21,24)/t16-,19+/m1/s1. The third-order valence-electron chi connectivity index (χ3n) is 4.95. The van der Waals surface area contributed by atoms with Crippen molar-refractivity contribution < 1.29 is 9.90 Å². The Morgan fingerprint density at radius 2 is 2.08 bits per heavy atom. The number of fused-ring (bicyclic) bond motifs is 1. The maximum absolute atomic E-state index is 12.1. The van der Waals surface area contributed by atoms with Gasteiger partial charge in [0.05, 0.1) is 18.0 Å². The molecule has 128 valence electrons. The van der Waals surface area contributed by atoms with Gasteiger partial charge in [-0.2, -0.15) is 0 Å². The Kier molecular flexibility index (Phi) is 5.81. The number of nitrogens with zero attached hydrogens (tertiary/aromatic N) is 1.